The van der Waals surface area contributed by atoms with E-state index in [1.165, 1.54) is 0 Å². The second-order valence-electron chi connectivity index (χ2n) is 7.84. The Morgan fingerprint density at radius 3 is 2.38 bits per heavy atom. The molecule has 2 aliphatic heterocycles. The first kappa shape index (κ1) is 20.3. The molecule has 0 bridgehead atoms. The fraction of sp³-hybridized carbons (Fsp3) is 0.280. The lowest BCUT2D eigenvalue weighted by Crippen LogP contribution is -2.47. The van der Waals surface area contributed by atoms with Crippen LogP contribution in [0.2, 0.25) is 0 Å². The zero-order chi connectivity index (χ0) is 22.1. The molecule has 3 aromatic rings. The summed E-state index contributed by atoms with van der Waals surface area (Å²) in [5.41, 5.74) is 9.61. The van der Waals surface area contributed by atoms with Gasteiger partial charge in [-0.05, 0) is 24.3 Å². The Balaban J connectivity index is 1.57. The molecular weight excluding hydrogens is 408 g/mol. The van der Waals surface area contributed by atoms with Crippen LogP contribution in [-0.4, -0.2) is 27.2 Å². The molecule has 2 heterocycles. The third-order valence-electron chi connectivity index (χ3n) is 6.00. The zero-order valence-electron chi connectivity index (χ0n) is 18.3. The van der Waals surface area contributed by atoms with Crippen LogP contribution < -0.4 is 34.5 Å². The van der Waals surface area contributed by atoms with Crippen molar-refractivity contribution in [1.82, 2.24) is 5.43 Å². The molecule has 5 rings (SSSR count). The molecule has 166 valence electrons. The van der Waals surface area contributed by atoms with Gasteiger partial charge in [-0.15, -0.1) is 0 Å². The average molecular weight is 434 g/mol. The van der Waals surface area contributed by atoms with Crippen LogP contribution in [0.25, 0.3) is 0 Å². The molecule has 3 atom stereocenters. The summed E-state index contributed by atoms with van der Waals surface area (Å²) < 4.78 is 29.0. The molecule has 0 saturated heterocycles. The van der Waals surface area contributed by atoms with Crippen molar-refractivity contribution >= 4 is 5.69 Å². The summed E-state index contributed by atoms with van der Waals surface area (Å²) in [4.78, 5) is 0. The van der Waals surface area contributed by atoms with Crippen molar-refractivity contribution in [2.24, 2.45) is 5.92 Å². The maximum Gasteiger partial charge on any atom is 0.231 e. The van der Waals surface area contributed by atoms with Gasteiger partial charge in [0.25, 0.3) is 0 Å². The van der Waals surface area contributed by atoms with Crippen molar-refractivity contribution in [2.75, 3.05) is 26.4 Å². The van der Waals surface area contributed by atoms with Gasteiger partial charge in [-0.1, -0.05) is 37.3 Å². The molecule has 0 unspecified atom stereocenters. The number of hydrazine groups is 1. The number of anilines is 1. The molecule has 0 aliphatic carbocycles. The van der Waals surface area contributed by atoms with Crippen molar-refractivity contribution in [1.29, 1.82) is 0 Å². The Morgan fingerprint density at radius 2 is 1.62 bits per heavy atom. The number of rotatable bonds is 6. The van der Waals surface area contributed by atoms with Crippen LogP contribution in [0.4, 0.5) is 5.69 Å². The van der Waals surface area contributed by atoms with Crippen molar-refractivity contribution in [3.05, 3.63) is 71.8 Å². The van der Waals surface area contributed by atoms with Crippen LogP contribution in [0.15, 0.2) is 60.7 Å². The normalized spacial score (nSPS) is 20.8. The van der Waals surface area contributed by atoms with E-state index in [1.54, 1.807) is 14.2 Å². The second kappa shape index (κ2) is 8.51. The fourth-order valence-corrected chi connectivity index (χ4v) is 4.43. The molecule has 0 radical (unpaired) electrons. The highest BCUT2D eigenvalue weighted by atomic mass is 16.7. The van der Waals surface area contributed by atoms with E-state index in [2.05, 4.69) is 23.8 Å². The lowest BCUT2D eigenvalue weighted by molar-refractivity contribution is 0.0857. The Hall–Kier alpha value is -3.58. The Kier molecular flexibility index (Phi) is 5.41. The monoisotopic (exact) mass is 434 g/mol. The number of hydrogen-bond donors (Lipinski definition) is 2. The van der Waals surface area contributed by atoms with Gasteiger partial charge in [0.15, 0.2) is 29.2 Å². The van der Waals surface area contributed by atoms with Crippen molar-refractivity contribution < 1.29 is 23.7 Å². The van der Waals surface area contributed by atoms with Gasteiger partial charge >= 0.3 is 0 Å². The maximum absolute atomic E-state index is 6.39. The molecule has 0 saturated carbocycles. The van der Waals surface area contributed by atoms with Crippen LogP contribution in [-0.2, 0) is 0 Å². The number of para-hydroxylation sites is 2. The molecule has 0 fully saturated rings. The smallest absolute Gasteiger partial charge is 0.231 e. The first-order chi connectivity index (χ1) is 15.7. The van der Waals surface area contributed by atoms with Gasteiger partial charge in [0.1, 0.15) is 5.75 Å². The molecule has 3 aromatic carbocycles. The molecule has 32 heavy (non-hydrogen) atoms. The van der Waals surface area contributed by atoms with Gasteiger partial charge in [-0.25, -0.2) is 0 Å². The highest BCUT2D eigenvalue weighted by Crippen LogP contribution is 2.51. The van der Waals surface area contributed by atoms with E-state index < -0.39 is 0 Å². The SMILES string of the molecule is COc1cccc([C@@H]2c3cc4c(cc3O[C@H](NNc3ccccc3)[C@H]2C)OCO4)c1OC. The maximum atomic E-state index is 6.39. The summed E-state index contributed by atoms with van der Waals surface area (Å²) in [6, 6.07) is 19.8. The predicted molar refractivity (Wildman–Crippen MR) is 121 cm³/mol. The first-order valence-corrected chi connectivity index (χ1v) is 10.6. The minimum absolute atomic E-state index is 0.0339. The number of fused-ring (bicyclic) bond motifs is 2. The van der Waals surface area contributed by atoms with Gasteiger partial charge in [-0.2, -0.15) is 5.43 Å². The van der Waals surface area contributed by atoms with E-state index in [0.717, 1.165) is 28.3 Å². The lowest BCUT2D eigenvalue weighted by atomic mass is 9.78. The van der Waals surface area contributed by atoms with Crippen LogP contribution >= 0.6 is 0 Å². The number of methoxy groups -OCH3 is 2. The molecule has 0 aromatic heterocycles. The van der Waals surface area contributed by atoms with Crippen LogP contribution in [0, 0.1) is 5.92 Å². The van der Waals surface area contributed by atoms with E-state index in [1.807, 2.05) is 54.6 Å². The van der Waals surface area contributed by atoms with E-state index in [9.17, 15) is 0 Å². The third kappa shape index (κ3) is 3.54. The topological polar surface area (TPSA) is 70.2 Å². The van der Waals surface area contributed by atoms with Gasteiger partial charge in [0.2, 0.25) is 6.79 Å². The van der Waals surface area contributed by atoms with E-state index >= 15 is 0 Å². The van der Waals surface area contributed by atoms with Crippen LogP contribution in [0.1, 0.15) is 24.0 Å². The Bertz CT molecular complexity index is 1100. The summed E-state index contributed by atoms with van der Waals surface area (Å²) in [5.74, 6) is 3.57. The Labute approximate surface area is 187 Å². The fourth-order valence-electron chi connectivity index (χ4n) is 4.43. The number of nitrogens with one attached hydrogen (secondary N) is 2. The molecule has 2 aliphatic rings. The zero-order valence-corrected chi connectivity index (χ0v) is 18.3. The van der Waals surface area contributed by atoms with Gasteiger partial charge in [0, 0.05) is 34.7 Å². The van der Waals surface area contributed by atoms with E-state index in [-0.39, 0.29) is 24.9 Å². The lowest BCUT2D eigenvalue weighted by Gasteiger charge is -2.39. The summed E-state index contributed by atoms with van der Waals surface area (Å²) in [7, 11) is 3.31. The van der Waals surface area contributed by atoms with Crippen molar-refractivity contribution in [2.45, 2.75) is 19.1 Å². The molecule has 0 spiro atoms. The summed E-state index contributed by atoms with van der Waals surface area (Å²) in [6.45, 7) is 2.36. The highest BCUT2D eigenvalue weighted by Gasteiger charge is 2.40. The highest BCUT2D eigenvalue weighted by molar-refractivity contribution is 5.59. The summed E-state index contributed by atoms with van der Waals surface area (Å²) >= 11 is 0. The number of benzene rings is 3. The Morgan fingerprint density at radius 1 is 0.844 bits per heavy atom. The quantitative estimate of drug-likeness (QED) is 0.552. The standard InChI is InChI=1S/C25H26N2O5/c1-15-23(17-10-7-11-19(28-2)24(17)29-3)18-12-21-22(31-14-30-21)13-20(18)32-25(15)27-26-16-8-5-4-6-9-16/h4-13,15,23,25-27H,14H2,1-3H3/t15-,23+,25-/m0/s1. The molecule has 2 N–H and O–H groups in total. The third-order valence-corrected chi connectivity index (χ3v) is 6.00. The van der Waals surface area contributed by atoms with E-state index in [0.29, 0.717) is 17.2 Å². The van der Waals surface area contributed by atoms with Crippen LogP contribution in [0.5, 0.6) is 28.7 Å². The minimum Gasteiger partial charge on any atom is -0.493 e. The first-order valence-electron chi connectivity index (χ1n) is 10.6. The van der Waals surface area contributed by atoms with Gasteiger partial charge < -0.3 is 29.1 Å². The minimum atomic E-state index is -0.316. The van der Waals surface area contributed by atoms with Crippen LogP contribution in [0.3, 0.4) is 0 Å². The van der Waals surface area contributed by atoms with Crippen molar-refractivity contribution in [3.8, 4) is 28.7 Å². The predicted octanol–water partition coefficient (Wildman–Crippen LogP) is 4.54. The second-order valence-corrected chi connectivity index (χ2v) is 7.84. The molecule has 7 heteroatoms. The van der Waals surface area contributed by atoms with E-state index in [4.69, 9.17) is 23.7 Å². The van der Waals surface area contributed by atoms with Gasteiger partial charge in [-0.3, -0.25) is 0 Å². The molecule has 0 amide bonds. The summed E-state index contributed by atoms with van der Waals surface area (Å²) in [6.07, 6.45) is -0.316. The number of ether oxygens (including phenoxy) is 5. The largest absolute Gasteiger partial charge is 0.493 e. The summed E-state index contributed by atoms with van der Waals surface area (Å²) in [5, 5.41) is 0. The average Bonchev–Trinajstić information content (AvgIpc) is 3.29. The number of hydrogen-bond acceptors (Lipinski definition) is 7. The van der Waals surface area contributed by atoms with Gasteiger partial charge in [0.05, 0.1) is 14.2 Å². The van der Waals surface area contributed by atoms with Crippen molar-refractivity contribution in [3.63, 3.8) is 0 Å². The molecule has 7 nitrogen and oxygen atoms in total. The molecular formula is C25H26N2O5.